The number of amides is 1. The van der Waals surface area contributed by atoms with Crippen molar-refractivity contribution >= 4 is 37.0 Å². The number of carbonyl (C=O) groups is 1. The largest absolute Gasteiger partial charge is 0.346 e. The summed E-state index contributed by atoms with van der Waals surface area (Å²) in [6.07, 6.45) is 0.782. The standard InChI is InChI=1S/C11H16ClNO3S2/c1-5-11(3,4)13-10(14)8-6-9(7(2)17-8)18(12,15)16/h6H,5H2,1-4H3,(H,13,14). The molecule has 0 fully saturated rings. The third-order valence-electron chi connectivity index (χ3n) is 2.69. The van der Waals surface area contributed by atoms with Gasteiger partial charge in [0.25, 0.3) is 15.0 Å². The van der Waals surface area contributed by atoms with Gasteiger partial charge in [0.1, 0.15) is 0 Å². The molecule has 0 saturated heterocycles. The fraction of sp³-hybridized carbons (Fsp3) is 0.545. The molecule has 1 heterocycles. The molecule has 0 unspecified atom stereocenters. The van der Waals surface area contributed by atoms with E-state index in [2.05, 4.69) is 5.32 Å². The molecule has 7 heteroatoms. The highest BCUT2D eigenvalue weighted by atomic mass is 35.7. The van der Waals surface area contributed by atoms with Gasteiger partial charge in [-0.05, 0) is 33.3 Å². The van der Waals surface area contributed by atoms with Crippen LogP contribution in [0.1, 0.15) is 41.7 Å². The van der Waals surface area contributed by atoms with Crippen molar-refractivity contribution in [2.75, 3.05) is 0 Å². The fourth-order valence-corrected chi connectivity index (χ4v) is 3.84. The smallest absolute Gasteiger partial charge is 0.262 e. The van der Waals surface area contributed by atoms with E-state index in [9.17, 15) is 13.2 Å². The Morgan fingerprint density at radius 2 is 2.06 bits per heavy atom. The van der Waals surface area contributed by atoms with E-state index >= 15 is 0 Å². The number of nitrogens with one attached hydrogen (secondary N) is 1. The van der Waals surface area contributed by atoms with Gasteiger partial charge in [0, 0.05) is 21.1 Å². The lowest BCUT2D eigenvalue weighted by atomic mass is 10.0. The van der Waals surface area contributed by atoms with E-state index < -0.39 is 9.05 Å². The van der Waals surface area contributed by atoms with Crippen LogP contribution in [0.25, 0.3) is 0 Å². The minimum Gasteiger partial charge on any atom is -0.346 e. The van der Waals surface area contributed by atoms with Gasteiger partial charge in [-0.25, -0.2) is 8.42 Å². The van der Waals surface area contributed by atoms with Crippen LogP contribution in [0.2, 0.25) is 0 Å². The first-order valence-electron chi connectivity index (χ1n) is 5.44. The SMILES string of the molecule is CCC(C)(C)NC(=O)c1cc(S(=O)(=O)Cl)c(C)s1. The lowest BCUT2D eigenvalue weighted by Crippen LogP contribution is -2.42. The molecule has 1 aromatic heterocycles. The van der Waals surface area contributed by atoms with Crippen LogP contribution in [0.3, 0.4) is 0 Å². The molecule has 1 aromatic rings. The van der Waals surface area contributed by atoms with Crippen LogP contribution in [0.5, 0.6) is 0 Å². The molecule has 0 aromatic carbocycles. The summed E-state index contributed by atoms with van der Waals surface area (Å²) in [4.78, 5) is 12.9. The molecule has 1 amide bonds. The summed E-state index contributed by atoms with van der Waals surface area (Å²) in [6, 6.07) is 1.32. The highest BCUT2D eigenvalue weighted by Crippen LogP contribution is 2.28. The number of thiophene rings is 1. The fourth-order valence-electron chi connectivity index (χ4n) is 1.28. The first kappa shape index (κ1) is 15.5. The summed E-state index contributed by atoms with van der Waals surface area (Å²) in [5, 5.41) is 2.85. The molecule has 102 valence electrons. The van der Waals surface area contributed by atoms with Gasteiger partial charge in [-0.2, -0.15) is 0 Å². The summed E-state index contributed by atoms with van der Waals surface area (Å²) >= 11 is 1.12. The van der Waals surface area contributed by atoms with E-state index in [1.54, 1.807) is 6.92 Å². The summed E-state index contributed by atoms with van der Waals surface area (Å²) in [6.45, 7) is 7.41. The van der Waals surface area contributed by atoms with E-state index in [4.69, 9.17) is 10.7 Å². The normalized spacial score (nSPS) is 12.5. The minimum atomic E-state index is -3.79. The molecule has 0 aliphatic rings. The van der Waals surface area contributed by atoms with E-state index in [1.807, 2.05) is 20.8 Å². The van der Waals surface area contributed by atoms with Crippen molar-refractivity contribution in [3.8, 4) is 0 Å². The second-order valence-electron chi connectivity index (χ2n) is 4.66. The van der Waals surface area contributed by atoms with E-state index in [0.717, 1.165) is 17.8 Å². The molecule has 18 heavy (non-hydrogen) atoms. The molecule has 0 aliphatic carbocycles. The Morgan fingerprint density at radius 3 is 2.44 bits per heavy atom. The van der Waals surface area contributed by atoms with Gasteiger partial charge < -0.3 is 5.32 Å². The first-order valence-corrected chi connectivity index (χ1v) is 8.57. The summed E-state index contributed by atoms with van der Waals surface area (Å²) < 4.78 is 22.5. The van der Waals surface area contributed by atoms with E-state index in [-0.39, 0.29) is 16.3 Å². The van der Waals surface area contributed by atoms with Crippen LogP contribution in [-0.4, -0.2) is 19.9 Å². The van der Waals surface area contributed by atoms with Crippen molar-refractivity contribution in [2.24, 2.45) is 0 Å². The summed E-state index contributed by atoms with van der Waals surface area (Å²) in [7, 11) is 1.50. The van der Waals surface area contributed by atoms with Crippen LogP contribution in [0, 0.1) is 6.92 Å². The number of halogens is 1. The maximum absolute atomic E-state index is 12.0. The van der Waals surface area contributed by atoms with Crippen molar-refractivity contribution in [1.29, 1.82) is 0 Å². The number of rotatable bonds is 4. The minimum absolute atomic E-state index is 0.00798. The maximum Gasteiger partial charge on any atom is 0.262 e. The molecule has 0 spiro atoms. The lowest BCUT2D eigenvalue weighted by molar-refractivity contribution is 0.0915. The van der Waals surface area contributed by atoms with Gasteiger partial charge in [0.05, 0.1) is 9.77 Å². The number of carbonyl (C=O) groups excluding carboxylic acids is 1. The Labute approximate surface area is 116 Å². The highest BCUT2D eigenvalue weighted by Gasteiger charge is 2.23. The van der Waals surface area contributed by atoms with Crippen molar-refractivity contribution < 1.29 is 13.2 Å². The molecule has 0 radical (unpaired) electrons. The predicted molar refractivity (Wildman–Crippen MR) is 73.9 cm³/mol. The molecular weight excluding hydrogens is 294 g/mol. The zero-order valence-corrected chi connectivity index (χ0v) is 13.1. The number of aryl methyl sites for hydroxylation is 1. The Hall–Kier alpha value is -0.590. The number of hydrogen-bond donors (Lipinski definition) is 1. The monoisotopic (exact) mass is 309 g/mol. The average Bonchev–Trinajstić information content (AvgIpc) is 2.59. The van der Waals surface area contributed by atoms with Gasteiger partial charge in [0.2, 0.25) is 0 Å². The van der Waals surface area contributed by atoms with Gasteiger partial charge in [-0.1, -0.05) is 6.92 Å². The Kier molecular flexibility index (Phi) is 4.46. The molecule has 1 N–H and O–H groups in total. The molecule has 1 rings (SSSR count). The van der Waals surface area contributed by atoms with Crippen LogP contribution in [0.4, 0.5) is 0 Å². The lowest BCUT2D eigenvalue weighted by Gasteiger charge is -2.23. The number of hydrogen-bond acceptors (Lipinski definition) is 4. The first-order chi connectivity index (χ1) is 8.07. The van der Waals surface area contributed by atoms with Crippen LogP contribution in [0.15, 0.2) is 11.0 Å². The summed E-state index contributed by atoms with van der Waals surface area (Å²) in [5.74, 6) is -0.276. The predicted octanol–water partition coefficient (Wildman–Crippen LogP) is 2.90. The molecule has 0 aliphatic heterocycles. The van der Waals surface area contributed by atoms with Crippen molar-refractivity contribution in [3.05, 3.63) is 15.8 Å². The van der Waals surface area contributed by atoms with Gasteiger partial charge in [-0.15, -0.1) is 11.3 Å². The zero-order valence-electron chi connectivity index (χ0n) is 10.7. The third-order valence-corrected chi connectivity index (χ3v) is 5.32. The molecule has 0 saturated carbocycles. The molecule has 0 atom stereocenters. The van der Waals surface area contributed by atoms with Crippen molar-refractivity contribution in [3.63, 3.8) is 0 Å². The van der Waals surface area contributed by atoms with E-state index in [0.29, 0.717) is 9.75 Å². The van der Waals surface area contributed by atoms with Gasteiger partial charge in [-0.3, -0.25) is 4.79 Å². The van der Waals surface area contributed by atoms with E-state index in [1.165, 1.54) is 6.07 Å². The van der Waals surface area contributed by atoms with Crippen molar-refractivity contribution in [1.82, 2.24) is 5.32 Å². The van der Waals surface area contributed by atoms with Crippen LogP contribution >= 0.6 is 22.0 Å². The highest BCUT2D eigenvalue weighted by molar-refractivity contribution is 8.13. The molecule has 0 bridgehead atoms. The Bertz CT molecular complexity index is 561. The molecule has 4 nitrogen and oxygen atoms in total. The summed E-state index contributed by atoms with van der Waals surface area (Å²) in [5.41, 5.74) is -0.324. The van der Waals surface area contributed by atoms with Crippen molar-refractivity contribution in [2.45, 2.75) is 44.6 Å². The zero-order chi connectivity index (χ0) is 14.1. The van der Waals surface area contributed by atoms with Crippen LogP contribution < -0.4 is 5.32 Å². The molecular formula is C11H16ClNO3S2. The topological polar surface area (TPSA) is 63.2 Å². The maximum atomic E-state index is 12.0. The van der Waals surface area contributed by atoms with Gasteiger partial charge in [0.15, 0.2) is 0 Å². The van der Waals surface area contributed by atoms with Gasteiger partial charge >= 0.3 is 0 Å². The second kappa shape index (κ2) is 5.19. The average molecular weight is 310 g/mol. The Morgan fingerprint density at radius 1 is 1.50 bits per heavy atom. The second-order valence-corrected chi connectivity index (χ2v) is 8.45. The van der Waals surface area contributed by atoms with Crippen LogP contribution in [-0.2, 0) is 9.05 Å². The third kappa shape index (κ3) is 3.70. The Balaban J connectivity index is 3.03. The quantitative estimate of drug-likeness (QED) is 0.870.